The highest BCUT2D eigenvalue weighted by molar-refractivity contribution is 5.95. The van der Waals surface area contributed by atoms with E-state index < -0.39 is 0 Å². The number of hydrogen-bond donors (Lipinski definition) is 1. The Bertz CT molecular complexity index is 289. The van der Waals surface area contributed by atoms with Crippen molar-refractivity contribution < 1.29 is 9.59 Å². The van der Waals surface area contributed by atoms with Crippen molar-refractivity contribution in [2.45, 2.75) is 117 Å². The third kappa shape index (κ3) is 17.3. The van der Waals surface area contributed by atoms with Gasteiger partial charge in [0.15, 0.2) is 0 Å². The fourth-order valence-corrected chi connectivity index (χ4v) is 2.81. The minimum atomic E-state index is -0.132. The molecule has 0 aliphatic heterocycles. The topological polar surface area (TPSA) is 46.2 Å². The number of imide groups is 1. The number of rotatable bonds is 16. The zero-order valence-corrected chi connectivity index (χ0v) is 15.6. The van der Waals surface area contributed by atoms with Crippen molar-refractivity contribution in [3.8, 4) is 0 Å². The highest BCUT2D eigenvalue weighted by Crippen LogP contribution is 2.12. The lowest BCUT2D eigenvalue weighted by Gasteiger charge is -2.04. The van der Waals surface area contributed by atoms with Crippen molar-refractivity contribution in [1.29, 1.82) is 0 Å². The van der Waals surface area contributed by atoms with E-state index in [0.29, 0.717) is 12.8 Å². The molecule has 0 rings (SSSR count). The largest absolute Gasteiger partial charge is 0.296 e. The lowest BCUT2D eigenvalue weighted by molar-refractivity contribution is -0.130. The van der Waals surface area contributed by atoms with E-state index in [0.717, 1.165) is 19.3 Å². The molecule has 0 aliphatic rings. The zero-order chi connectivity index (χ0) is 17.2. The van der Waals surface area contributed by atoms with E-state index in [9.17, 15) is 9.59 Å². The summed E-state index contributed by atoms with van der Waals surface area (Å²) in [6.07, 6.45) is 18.7. The van der Waals surface area contributed by atoms with E-state index in [1.807, 2.05) is 6.92 Å². The number of amides is 2. The van der Waals surface area contributed by atoms with Gasteiger partial charge in [-0.15, -0.1) is 0 Å². The maximum absolute atomic E-state index is 11.5. The predicted molar refractivity (Wildman–Crippen MR) is 98.4 cm³/mol. The van der Waals surface area contributed by atoms with Crippen molar-refractivity contribution in [3.63, 3.8) is 0 Å². The lowest BCUT2D eigenvalue weighted by atomic mass is 10.0. The minimum absolute atomic E-state index is 0.105. The molecule has 0 atom stereocenters. The minimum Gasteiger partial charge on any atom is -0.296 e. The Kier molecular flexibility index (Phi) is 16.8. The number of unbranched alkanes of at least 4 members (excludes halogenated alkanes) is 12. The van der Waals surface area contributed by atoms with Crippen molar-refractivity contribution in [2.24, 2.45) is 0 Å². The van der Waals surface area contributed by atoms with E-state index in [-0.39, 0.29) is 11.8 Å². The Morgan fingerprint density at radius 2 is 0.913 bits per heavy atom. The second kappa shape index (κ2) is 17.5. The number of nitrogens with one attached hydrogen (secondary N) is 1. The van der Waals surface area contributed by atoms with Gasteiger partial charge in [-0.2, -0.15) is 0 Å². The van der Waals surface area contributed by atoms with Crippen LogP contribution in [0.15, 0.2) is 0 Å². The molecule has 0 saturated carbocycles. The number of carbonyl (C=O) groups excluding carboxylic acids is 2. The summed E-state index contributed by atoms with van der Waals surface area (Å²) >= 11 is 0. The summed E-state index contributed by atoms with van der Waals surface area (Å²) in [6, 6.07) is 0. The van der Waals surface area contributed by atoms with Crippen LogP contribution in [0, 0.1) is 0 Å². The van der Waals surface area contributed by atoms with Gasteiger partial charge in [0.25, 0.3) is 0 Å². The molecule has 3 heteroatoms. The molecular formula is C20H39NO2. The fourth-order valence-electron chi connectivity index (χ4n) is 2.81. The van der Waals surface area contributed by atoms with Crippen molar-refractivity contribution in [3.05, 3.63) is 0 Å². The first kappa shape index (κ1) is 22.1. The molecule has 0 radical (unpaired) electrons. The second-order valence-electron chi connectivity index (χ2n) is 6.71. The van der Waals surface area contributed by atoms with E-state index in [2.05, 4.69) is 12.2 Å². The van der Waals surface area contributed by atoms with Crippen LogP contribution in [0.5, 0.6) is 0 Å². The molecule has 0 aromatic rings. The zero-order valence-electron chi connectivity index (χ0n) is 15.6. The van der Waals surface area contributed by atoms with Crippen LogP contribution in [0.2, 0.25) is 0 Å². The summed E-state index contributed by atoms with van der Waals surface area (Å²) in [4.78, 5) is 22.8. The van der Waals surface area contributed by atoms with Gasteiger partial charge in [0.2, 0.25) is 11.8 Å². The third-order valence-electron chi connectivity index (χ3n) is 4.26. The number of hydrogen-bond acceptors (Lipinski definition) is 2. The van der Waals surface area contributed by atoms with Crippen molar-refractivity contribution in [2.75, 3.05) is 0 Å². The van der Waals surface area contributed by atoms with Crippen LogP contribution in [-0.4, -0.2) is 11.8 Å². The Hall–Kier alpha value is -0.860. The molecule has 0 aromatic carbocycles. The van der Waals surface area contributed by atoms with Gasteiger partial charge in [-0.05, 0) is 12.8 Å². The second-order valence-corrected chi connectivity index (χ2v) is 6.71. The van der Waals surface area contributed by atoms with Crippen LogP contribution in [0.3, 0.4) is 0 Å². The third-order valence-corrected chi connectivity index (χ3v) is 4.26. The molecule has 0 bridgehead atoms. The molecule has 23 heavy (non-hydrogen) atoms. The SMILES string of the molecule is CCCCCCCCCCCCCCCC(=O)NC(=O)CCC. The van der Waals surface area contributed by atoms with E-state index in [1.54, 1.807) is 0 Å². The molecule has 0 aliphatic carbocycles. The number of carbonyl (C=O) groups is 2. The first-order valence-corrected chi connectivity index (χ1v) is 10.0. The van der Waals surface area contributed by atoms with Crippen LogP contribution < -0.4 is 5.32 Å². The summed E-state index contributed by atoms with van der Waals surface area (Å²) < 4.78 is 0. The van der Waals surface area contributed by atoms with Crippen molar-refractivity contribution in [1.82, 2.24) is 5.32 Å². The molecule has 0 aromatic heterocycles. The molecule has 1 N–H and O–H groups in total. The molecule has 3 nitrogen and oxygen atoms in total. The quantitative estimate of drug-likeness (QED) is 0.358. The Labute approximate surface area is 144 Å². The standard InChI is InChI=1S/C20H39NO2/c1-3-5-6-7-8-9-10-11-12-13-14-15-16-18-20(23)21-19(22)17-4-2/h3-18H2,1-2H3,(H,21,22,23). The maximum Gasteiger partial charge on any atom is 0.226 e. The predicted octanol–water partition coefficient (Wildman–Crippen LogP) is 5.91. The lowest BCUT2D eigenvalue weighted by Crippen LogP contribution is -2.29. The molecule has 2 amide bonds. The average Bonchev–Trinajstić information content (AvgIpc) is 2.52. The Morgan fingerprint density at radius 1 is 0.522 bits per heavy atom. The fraction of sp³-hybridized carbons (Fsp3) is 0.900. The van der Waals surface area contributed by atoms with Gasteiger partial charge in [0.1, 0.15) is 0 Å². The molecule has 0 fully saturated rings. The first-order chi connectivity index (χ1) is 11.2. The Morgan fingerprint density at radius 3 is 1.35 bits per heavy atom. The summed E-state index contributed by atoms with van der Waals surface area (Å²) in [5.74, 6) is -0.237. The van der Waals surface area contributed by atoms with Crippen molar-refractivity contribution >= 4 is 11.8 Å². The summed E-state index contributed by atoms with van der Waals surface area (Å²) in [5, 5.41) is 2.45. The molecular weight excluding hydrogens is 286 g/mol. The van der Waals surface area contributed by atoms with Crippen LogP contribution in [-0.2, 0) is 9.59 Å². The molecule has 0 unspecified atom stereocenters. The van der Waals surface area contributed by atoms with Gasteiger partial charge in [0, 0.05) is 12.8 Å². The van der Waals surface area contributed by atoms with Gasteiger partial charge in [-0.25, -0.2) is 0 Å². The summed E-state index contributed by atoms with van der Waals surface area (Å²) in [7, 11) is 0. The van der Waals surface area contributed by atoms with Crippen LogP contribution in [0.4, 0.5) is 0 Å². The smallest absolute Gasteiger partial charge is 0.226 e. The van der Waals surface area contributed by atoms with E-state index >= 15 is 0 Å². The molecule has 0 saturated heterocycles. The van der Waals surface area contributed by atoms with Gasteiger partial charge in [0.05, 0.1) is 0 Å². The normalized spacial score (nSPS) is 10.7. The first-order valence-electron chi connectivity index (χ1n) is 10.0. The maximum atomic E-state index is 11.5. The van der Waals surface area contributed by atoms with Gasteiger partial charge < -0.3 is 0 Å². The van der Waals surface area contributed by atoms with Crippen LogP contribution in [0.1, 0.15) is 117 Å². The van der Waals surface area contributed by atoms with E-state index in [1.165, 1.54) is 70.6 Å². The van der Waals surface area contributed by atoms with Gasteiger partial charge in [-0.3, -0.25) is 14.9 Å². The van der Waals surface area contributed by atoms with E-state index in [4.69, 9.17) is 0 Å². The van der Waals surface area contributed by atoms with Gasteiger partial charge >= 0.3 is 0 Å². The van der Waals surface area contributed by atoms with Gasteiger partial charge in [-0.1, -0.05) is 90.9 Å². The molecule has 0 heterocycles. The Balaban J connectivity index is 3.18. The average molecular weight is 326 g/mol. The molecule has 136 valence electrons. The highest BCUT2D eigenvalue weighted by atomic mass is 16.2. The van der Waals surface area contributed by atoms with Crippen LogP contribution >= 0.6 is 0 Å². The monoisotopic (exact) mass is 325 g/mol. The summed E-state index contributed by atoms with van der Waals surface area (Å²) in [6.45, 7) is 4.20. The summed E-state index contributed by atoms with van der Waals surface area (Å²) in [5.41, 5.74) is 0. The van der Waals surface area contributed by atoms with Crippen LogP contribution in [0.25, 0.3) is 0 Å². The highest BCUT2D eigenvalue weighted by Gasteiger charge is 2.05. The molecule has 0 spiro atoms.